The molecule has 0 atom stereocenters. The minimum absolute atomic E-state index is 0.0969. The maximum absolute atomic E-state index is 11.5. The molecule has 0 saturated heterocycles. The first kappa shape index (κ1) is 10.6. The maximum Gasteiger partial charge on any atom is 0.253 e. The lowest BCUT2D eigenvalue weighted by Crippen LogP contribution is -2.23. The van der Waals surface area contributed by atoms with Crippen LogP contribution in [0, 0.1) is 0 Å². The third-order valence-electron chi connectivity index (χ3n) is 2.11. The Kier molecular flexibility index (Phi) is 3.51. The van der Waals surface area contributed by atoms with Crippen LogP contribution in [0.3, 0.4) is 0 Å². The molecule has 0 fully saturated rings. The third-order valence-corrected chi connectivity index (χ3v) is 2.11. The number of hydrogen-bond donors (Lipinski definition) is 2. The van der Waals surface area contributed by atoms with Crippen LogP contribution in [0.5, 0.6) is 0 Å². The summed E-state index contributed by atoms with van der Waals surface area (Å²) in [5, 5.41) is 2.74. The lowest BCUT2D eigenvalue weighted by Gasteiger charge is -2.07. The summed E-state index contributed by atoms with van der Waals surface area (Å²) < 4.78 is 0. The number of aryl methyl sites for hydroxylation is 1. The summed E-state index contributed by atoms with van der Waals surface area (Å²) in [5.74, 6) is -0.0969. The zero-order valence-corrected chi connectivity index (χ0v) is 8.63. The molecule has 0 heterocycles. The number of anilines is 1. The van der Waals surface area contributed by atoms with Gasteiger partial charge in [0.1, 0.15) is 0 Å². The maximum atomic E-state index is 11.5. The number of amides is 1. The zero-order valence-electron chi connectivity index (χ0n) is 8.63. The summed E-state index contributed by atoms with van der Waals surface area (Å²) in [4.78, 5) is 11.5. The van der Waals surface area contributed by atoms with Gasteiger partial charge in [-0.2, -0.15) is 0 Å². The van der Waals surface area contributed by atoms with Crippen LogP contribution >= 0.6 is 0 Å². The van der Waals surface area contributed by atoms with Crippen LogP contribution in [0.2, 0.25) is 0 Å². The largest absolute Gasteiger partial charge is 0.398 e. The minimum Gasteiger partial charge on any atom is -0.398 e. The monoisotopic (exact) mass is 192 g/mol. The molecule has 0 aliphatic heterocycles. The zero-order chi connectivity index (χ0) is 10.6. The normalized spacial score (nSPS) is 9.86. The van der Waals surface area contributed by atoms with Gasteiger partial charge < -0.3 is 11.1 Å². The molecule has 0 radical (unpaired) electrons. The van der Waals surface area contributed by atoms with Gasteiger partial charge >= 0.3 is 0 Å². The van der Waals surface area contributed by atoms with Gasteiger partial charge in [-0.25, -0.2) is 0 Å². The van der Waals surface area contributed by atoms with Gasteiger partial charge in [-0.3, -0.25) is 4.79 Å². The lowest BCUT2D eigenvalue weighted by atomic mass is 10.1. The number of nitrogens with two attached hydrogens (primary N) is 1. The van der Waals surface area contributed by atoms with Crippen molar-refractivity contribution in [1.82, 2.24) is 5.32 Å². The highest BCUT2D eigenvalue weighted by Crippen LogP contribution is 2.14. The Morgan fingerprint density at radius 1 is 1.43 bits per heavy atom. The van der Waals surface area contributed by atoms with Gasteiger partial charge in [-0.1, -0.05) is 13.0 Å². The Morgan fingerprint density at radius 3 is 2.71 bits per heavy atom. The first-order valence-electron chi connectivity index (χ1n) is 4.85. The van der Waals surface area contributed by atoms with Crippen molar-refractivity contribution in [2.75, 3.05) is 12.3 Å². The van der Waals surface area contributed by atoms with Crippen molar-refractivity contribution < 1.29 is 4.79 Å². The van der Waals surface area contributed by atoms with E-state index in [4.69, 9.17) is 5.73 Å². The fourth-order valence-corrected chi connectivity index (χ4v) is 1.28. The highest BCUT2D eigenvalue weighted by atomic mass is 16.1. The summed E-state index contributed by atoms with van der Waals surface area (Å²) in [6.07, 6.45) is 0.909. The fraction of sp³-hybridized carbons (Fsp3) is 0.364. The van der Waals surface area contributed by atoms with Crippen molar-refractivity contribution >= 4 is 11.6 Å². The molecule has 1 amide bonds. The summed E-state index contributed by atoms with van der Waals surface area (Å²) in [6.45, 7) is 4.55. The van der Waals surface area contributed by atoms with E-state index in [0.717, 1.165) is 12.0 Å². The molecule has 3 nitrogen and oxygen atoms in total. The summed E-state index contributed by atoms with van der Waals surface area (Å²) in [5.41, 5.74) is 7.95. The van der Waals surface area contributed by atoms with E-state index >= 15 is 0 Å². The average Bonchev–Trinajstić information content (AvgIpc) is 2.19. The van der Waals surface area contributed by atoms with Crippen LogP contribution in [-0.4, -0.2) is 12.5 Å². The lowest BCUT2D eigenvalue weighted by molar-refractivity contribution is 0.0956. The van der Waals surface area contributed by atoms with E-state index in [0.29, 0.717) is 17.8 Å². The molecular weight excluding hydrogens is 176 g/mol. The number of nitrogens with one attached hydrogen (secondary N) is 1. The van der Waals surface area contributed by atoms with E-state index < -0.39 is 0 Å². The van der Waals surface area contributed by atoms with Gasteiger partial charge in [0, 0.05) is 12.2 Å². The number of nitrogen functional groups attached to an aromatic ring is 1. The number of benzene rings is 1. The molecule has 1 aromatic rings. The van der Waals surface area contributed by atoms with Crippen molar-refractivity contribution in [1.29, 1.82) is 0 Å². The first-order valence-corrected chi connectivity index (χ1v) is 4.85. The SMILES string of the molecule is CCNC(=O)c1cc(CC)ccc1N. The van der Waals surface area contributed by atoms with Crippen molar-refractivity contribution in [3.8, 4) is 0 Å². The second-order valence-corrected chi connectivity index (χ2v) is 3.13. The van der Waals surface area contributed by atoms with Gasteiger partial charge in [0.25, 0.3) is 5.91 Å². The van der Waals surface area contributed by atoms with E-state index in [2.05, 4.69) is 5.32 Å². The quantitative estimate of drug-likeness (QED) is 0.714. The predicted octanol–water partition coefficient (Wildman–Crippen LogP) is 1.58. The van der Waals surface area contributed by atoms with Gasteiger partial charge in [-0.05, 0) is 31.0 Å². The molecule has 1 rings (SSSR count). The molecule has 0 saturated carbocycles. The molecule has 14 heavy (non-hydrogen) atoms. The highest BCUT2D eigenvalue weighted by Gasteiger charge is 2.08. The number of carbonyl (C=O) groups excluding carboxylic acids is 1. The van der Waals surface area contributed by atoms with E-state index in [9.17, 15) is 4.79 Å². The number of hydrogen-bond acceptors (Lipinski definition) is 2. The average molecular weight is 192 g/mol. The highest BCUT2D eigenvalue weighted by molar-refractivity contribution is 5.99. The van der Waals surface area contributed by atoms with E-state index in [1.54, 1.807) is 6.07 Å². The van der Waals surface area contributed by atoms with Crippen LogP contribution in [0.4, 0.5) is 5.69 Å². The fourth-order valence-electron chi connectivity index (χ4n) is 1.28. The third kappa shape index (κ3) is 2.25. The molecule has 3 heteroatoms. The molecule has 0 spiro atoms. The second-order valence-electron chi connectivity index (χ2n) is 3.13. The Morgan fingerprint density at radius 2 is 2.14 bits per heavy atom. The van der Waals surface area contributed by atoms with Crippen molar-refractivity contribution in [3.63, 3.8) is 0 Å². The molecule has 0 unspecified atom stereocenters. The molecule has 0 aliphatic carbocycles. The Labute approximate surface area is 84.3 Å². The van der Waals surface area contributed by atoms with Crippen LogP contribution < -0.4 is 11.1 Å². The molecular formula is C11H16N2O. The topological polar surface area (TPSA) is 55.1 Å². The molecule has 3 N–H and O–H groups in total. The Hall–Kier alpha value is -1.51. The van der Waals surface area contributed by atoms with Crippen LogP contribution in [0.15, 0.2) is 18.2 Å². The Bertz CT molecular complexity index is 334. The minimum atomic E-state index is -0.0969. The summed E-state index contributed by atoms with van der Waals surface area (Å²) in [6, 6.07) is 5.57. The molecule has 0 aliphatic rings. The van der Waals surface area contributed by atoms with E-state index in [-0.39, 0.29) is 5.91 Å². The van der Waals surface area contributed by atoms with Crippen molar-refractivity contribution in [2.45, 2.75) is 20.3 Å². The number of carbonyl (C=O) groups is 1. The summed E-state index contributed by atoms with van der Waals surface area (Å²) >= 11 is 0. The summed E-state index contributed by atoms with van der Waals surface area (Å²) in [7, 11) is 0. The van der Waals surface area contributed by atoms with Crippen LogP contribution in [0.1, 0.15) is 29.8 Å². The van der Waals surface area contributed by atoms with Gasteiger partial charge in [0.15, 0.2) is 0 Å². The standard InChI is InChI=1S/C11H16N2O/c1-3-8-5-6-10(12)9(7-8)11(14)13-4-2/h5-7H,3-4,12H2,1-2H3,(H,13,14). The van der Waals surface area contributed by atoms with Crippen molar-refractivity contribution in [3.05, 3.63) is 29.3 Å². The van der Waals surface area contributed by atoms with Gasteiger partial charge in [0.2, 0.25) is 0 Å². The van der Waals surface area contributed by atoms with Crippen LogP contribution in [0.25, 0.3) is 0 Å². The molecule has 0 bridgehead atoms. The van der Waals surface area contributed by atoms with Crippen LogP contribution in [-0.2, 0) is 6.42 Å². The first-order chi connectivity index (χ1) is 6.69. The second kappa shape index (κ2) is 4.65. The van der Waals surface area contributed by atoms with Gasteiger partial charge in [-0.15, -0.1) is 0 Å². The van der Waals surface area contributed by atoms with Crippen molar-refractivity contribution in [2.24, 2.45) is 0 Å². The molecule has 0 aromatic heterocycles. The Balaban J connectivity index is 2.99. The number of rotatable bonds is 3. The van der Waals surface area contributed by atoms with E-state index in [1.165, 1.54) is 0 Å². The molecule has 76 valence electrons. The predicted molar refractivity (Wildman–Crippen MR) is 58.2 cm³/mol. The van der Waals surface area contributed by atoms with Gasteiger partial charge in [0.05, 0.1) is 5.56 Å². The smallest absolute Gasteiger partial charge is 0.253 e. The molecule has 1 aromatic carbocycles. The van der Waals surface area contributed by atoms with E-state index in [1.807, 2.05) is 26.0 Å².